The van der Waals surface area contributed by atoms with Crippen LogP contribution >= 0.6 is 11.8 Å². The summed E-state index contributed by atoms with van der Waals surface area (Å²) in [5, 5.41) is 3.22. The summed E-state index contributed by atoms with van der Waals surface area (Å²) >= 11 is 1.19. The van der Waals surface area contributed by atoms with Crippen molar-refractivity contribution in [3.63, 3.8) is 0 Å². The standard InChI is InChI=1S/C25H29N3O3S/c1-17-9-5-6-13-21(17)28(25(31)18-15-22(29)32-16-18)23(20-12-7-8-14-26-20)24(30)27-19-10-3-2-4-11-19/h5-9,12-14,18-19,23H,2-4,10-11,15-16H2,1H3,(H,27,30)/t18-,23-/m0/s1. The Bertz CT molecular complexity index is 975. The van der Waals surface area contributed by atoms with E-state index in [4.69, 9.17) is 0 Å². The number of rotatable bonds is 6. The van der Waals surface area contributed by atoms with Gasteiger partial charge in [-0.2, -0.15) is 0 Å². The van der Waals surface area contributed by atoms with Crippen LogP contribution in [0.2, 0.25) is 0 Å². The zero-order valence-corrected chi connectivity index (χ0v) is 19.1. The molecule has 0 unspecified atom stereocenters. The number of carbonyl (C=O) groups is 3. The number of nitrogens with zero attached hydrogens (tertiary/aromatic N) is 2. The van der Waals surface area contributed by atoms with Crippen molar-refractivity contribution in [2.24, 2.45) is 5.92 Å². The number of benzene rings is 1. The number of hydrogen-bond donors (Lipinski definition) is 1. The molecule has 2 amide bonds. The van der Waals surface area contributed by atoms with Crippen LogP contribution in [0, 0.1) is 12.8 Å². The fraction of sp³-hybridized carbons (Fsp3) is 0.440. The highest BCUT2D eigenvalue weighted by Crippen LogP contribution is 2.35. The zero-order chi connectivity index (χ0) is 22.5. The van der Waals surface area contributed by atoms with Gasteiger partial charge in [0, 0.05) is 30.1 Å². The summed E-state index contributed by atoms with van der Waals surface area (Å²) in [4.78, 5) is 45.5. The molecule has 0 spiro atoms. The molecular weight excluding hydrogens is 422 g/mol. The summed E-state index contributed by atoms with van der Waals surface area (Å²) in [5.41, 5.74) is 2.09. The Balaban J connectivity index is 1.75. The van der Waals surface area contributed by atoms with Gasteiger partial charge in [-0.15, -0.1) is 0 Å². The van der Waals surface area contributed by atoms with Gasteiger partial charge in [0.15, 0.2) is 11.2 Å². The van der Waals surface area contributed by atoms with Crippen molar-refractivity contribution in [1.82, 2.24) is 10.3 Å². The molecule has 2 aromatic rings. The highest BCUT2D eigenvalue weighted by Gasteiger charge is 2.40. The van der Waals surface area contributed by atoms with Crippen LogP contribution in [-0.2, 0) is 14.4 Å². The lowest BCUT2D eigenvalue weighted by Gasteiger charge is -2.34. The number of nitrogens with one attached hydrogen (secondary N) is 1. The number of thioether (sulfide) groups is 1. The number of carbonyl (C=O) groups excluding carboxylic acids is 3. The van der Waals surface area contributed by atoms with E-state index in [1.54, 1.807) is 23.2 Å². The van der Waals surface area contributed by atoms with Crippen LogP contribution in [0.3, 0.4) is 0 Å². The Morgan fingerprint density at radius 3 is 2.50 bits per heavy atom. The van der Waals surface area contributed by atoms with E-state index in [1.807, 2.05) is 37.3 Å². The third-order valence-electron chi connectivity index (χ3n) is 6.25. The molecule has 7 heteroatoms. The lowest BCUT2D eigenvalue weighted by atomic mass is 9.94. The van der Waals surface area contributed by atoms with E-state index >= 15 is 0 Å². The molecule has 2 atom stereocenters. The Morgan fingerprint density at radius 2 is 1.84 bits per heavy atom. The molecule has 1 aromatic heterocycles. The van der Waals surface area contributed by atoms with Gasteiger partial charge < -0.3 is 5.32 Å². The van der Waals surface area contributed by atoms with Crippen molar-refractivity contribution < 1.29 is 14.4 Å². The molecule has 6 nitrogen and oxygen atoms in total. The van der Waals surface area contributed by atoms with Crippen LogP contribution in [0.4, 0.5) is 5.69 Å². The first-order chi connectivity index (χ1) is 15.5. The smallest absolute Gasteiger partial charge is 0.249 e. The molecule has 168 valence electrons. The van der Waals surface area contributed by atoms with Crippen LogP contribution in [0.5, 0.6) is 0 Å². The first-order valence-electron chi connectivity index (χ1n) is 11.3. The topological polar surface area (TPSA) is 79.4 Å². The summed E-state index contributed by atoms with van der Waals surface area (Å²) in [7, 11) is 0. The van der Waals surface area contributed by atoms with E-state index in [0.717, 1.165) is 31.2 Å². The maximum Gasteiger partial charge on any atom is 0.249 e. The van der Waals surface area contributed by atoms with Gasteiger partial charge in [-0.25, -0.2) is 0 Å². The first-order valence-corrected chi connectivity index (χ1v) is 12.3. The number of para-hydroxylation sites is 1. The van der Waals surface area contributed by atoms with Crippen molar-refractivity contribution in [3.05, 3.63) is 59.9 Å². The molecule has 1 aromatic carbocycles. The number of hydrogen-bond acceptors (Lipinski definition) is 5. The van der Waals surface area contributed by atoms with E-state index in [0.29, 0.717) is 17.1 Å². The lowest BCUT2D eigenvalue weighted by molar-refractivity contribution is -0.129. The second-order valence-corrected chi connectivity index (χ2v) is 9.66. The normalized spacial score (nSPS) is 20.0. The predicted octanol–water partition coefficient (Wildman–Crippen LogP) is 4.19. The summed E-state index contributed by atoms with van der Waals surface area (Å²) in [6, 6.07) is 12.2. The van der Waals surface area contributed by atoms with Gasteiger partial charge in [0.05, 0.1) is 11.6 Å². The van der Waals surface area contributed by atoms with Gasteiger partial charge >= 0.3 is 0 Å². The van der Waals surface area contributed by atoms with Crippen LogP contribution < -0.4 is 10.2 Å². The number of aromatic nitrogens is 1. The summed E-state index contributed by atoms with van der Waals surface area (Å²) in [5.74, 6) is -0.420. The predicted molar refractivity (Wildman–Crippen MR) is 126 cm³/mol. The highest BCUT2D eigenvalue weighted by atomic mass is 32.2. The minimum Gasteiger partial charge on any atom is -0.351 e. The molecule has 4 rings (SSSR count). The summed E-state index contributed by atoms with van der Waals surface area (Å²) < 4.78 is 0. The molecule has 1 saturated heterocycles. The fourth-order valence-corrected chi connectivity index (χ4v) is 5.50. The van der Waals surface area contributed by atoms with E-state index in [-0.39, 0.29) is 29.4 Å². The molecule has 1 saturated carbocycles. The molecule has 0 radical (unpaired) electrons. The Morgan fingerprint density at radius 1 is 1.09 bits per heavy atom. The molecular formula is C25H29N3O3S. The van der Waals surface area contributed by atoms with E-state index in [9.17, 15) is 14.4 Å². The second-order valence-electron chi connectivity index (χ2n) is 8.58. The fourth-order valence-electron chi connectivity index (χ4n) is 4.54. The minimum atomic E-state index is -0.896. The van der Waals surface area contributed by atoms with Gasteiger partial charge in [0.2, 0.25) is 11.8 Å². The minimum absolute atomic E-state index is 0.0223. The molecule has 1 aliphatic heterocycles. The number of pyridine rings is 1. The van der Waals surface area contributed by atoms with Gasteiger partial charge in [-0.3, -0.25) is 24.3 Å². The molecule has 2 fully saturated rings. The Labute approximate surface area is 193 Å². The number of amides is 2. The van der Waals surface area contributed by atoms with Crippen LogP contribution in [-0.4, -0.2) is 33.7 Å². The van der Waals surface area contributed by atoms with Gasteiger partial charge in [-0.05, 0) is 43.5 Å². The average molecular weight is 452 g/mol. The van der Waals surface area contributed by atoms with Crippen LogP contribution in [0.1, 0.15) is 55.8 Å². The van der Waals surface area contributed by atoms with Crippen molar-refractivity contribution in [3.8, 4) is 0 Å². The summed E-state index contributed by atoms with van der Waals surface area (Å²) in [6.45, 7) is 1.93. The van der Waals surface area contributed by atoms with Gasteiger partial charge in [0.1, 0.15) is 0 Å². The van der Waals surface area contributed by atoms with E-state index in [1.165, 1.54) is 18.2 Å². The number of aryl methyl sites for hydroxylation is 1. The second kappa shape index (κ2) is 10.3. The molecule has 2 aliphatic rings. The quantitative estimate of drug-likeness (QED) is 0.712. The van der Waals surface area contributed by atoms with Crippen LogP contribution in [0.25, 0.3) is 0 Å². The molecule has 1 N–H and O–H groups in total. The molecule has 32 heavy (non-hydrogen) atoms. The van der Waals surface area contributed by atoms with E-state index < -0.39 is 12.0 Å². The SMILES string of the molecule is Cc1ccccc1N(C(=O)[C@@H]1CSC(=O)C1)[C@H](C(=O)NC1CCCCC1)c1ccccn1. The lowest BCUT2D eigenvalue weighted by Crippen LogP contribution is -2.49. The third kappa shape index (κ3) is 5.04. The van der Waals surface area contributed by atoms with E-state index in [2.05, 4.69) is 10.3 Å². The third-order valence-corrected chi connectivity index (χ3v) is 7.30. The van der Waals surface area contributed by atoms with Crippen molar-refractivity contribution in [2.75, 3.05) is 10.7 Å². The molecule has 1 aliphatic carbocycles. The van der Waals surface area contributed by atoms with Gasteiger partial charge in [-0.1, -0.05) is 55.3 Å². The maximum absolute atomic E-state index is 13.8. The number of anilines is 1. The molecule has 0 bridgehead atoms. The Hall–Kier alpha value is -2.67. The first kappa shape index (κ1) is 22.5. The van der Waals surface area contributed by atoms with Crippen LogP contribution in [0.15, 0.2) is 48.7 Å². The maximum atomic E-state index is 13.8. The van der Waals surface area contributed by atoms with Crippen molar-refractivity contribution in [1.29, 1.82) is 0 Å². The van der Waals surface area contributed by atoms with Crippen molar-refractivity contribution in [2.45, 2.75) is 57.5 Å². The largest absolute Gasteiger partial charge is 0.351 e. The van der Waals surface area contributed by atoms with Gasteiger partial charge in [0.25, 0.3) is 0 Å². The average Bonchev–Trinajstić information content (AvgIpc) is 3.25. The highest BCUT2D eigenvalue weighted by molar-refractivity contribution is 8.14. The monoisotopic (exact) mass is 451 g/mol. The van der Waals surface area contributed by atoms with Crippen molar-refractivity contribution >= 4 is 34.4 Å². The summed E-state index contributed by atoms with van der Waals surface area (Å²) in [6.07, 6.45) is 7.13. The molecule has 2 heterocycles. The zero-order valence-electron chi connectivity index (χ0n) is 18.3. The Kier molecular flexibility index (Phi) is 7.25.